The predicted molar refractivity (Wildman–Crippen MR) is 142 cm³/mol. The van der Waals surface area contributed by atoms with Crippen LogP contribution in [0.2, 0.25) is 0 Å². The number of hydrogen-bond donors (Lipinski definition) is 2. The third-order valence-corrected chi connectivity index (χ3v) is 8.15. The van der Waals surface area contributed by atoms with E-state index in [0.717, 1.165) is 51.4 Å². The molecule has 4 nitrogen and oxygen atoms in total. The van der Waals surface area contributed by atoms with Crippen molar-refractivity contribution in [1.82, 2.24) is 0 Å². The Bertz CT molecular complexity index is 429. The maximum Gasteiger partial charge on any atom is 0.0842 e. The molecule has 2 aliphatic heterocycles. The predicted octanol–water partition coefficient (Wildman–Crippen LogP) is 7.87. The molecule has 2 aliphatic rings. The summed E-state index contributed by atoms with van der Waals surface area (Å²) >= 11 is 0. The molecule has 0 spiro atoms. The van der Waals surface area contributed by atoms with Crippen LogP contribution in [-0.2, 0) is 9.47 Å². The van der Waals surface area contributed by atoms with Gasteiger partial charge in [-0.2, -0.15) is 0 Å². The highest BCUT2D eigenvalue weighted by Gasteiger charge is 2.40. The maximum atomic E-state index is 10.6. The second-order valence-corrected chi connectivity index (χ2v) is 11.2. The maximum absolute atomic E-state index is 10.6. The van der Waals surface area contributed by atoms with Gasteiger partial charge in [0.2, 0.25) is 0 Å². The Hall–Kier alpha value is -0.160. The number of unbranched alkanes of at least 4 members (excludes halogenated alkanes) is 14. The lowest BCUT2D eigenvalue weighted by Crippen LogP contribution is -2.33. The van der Waals surface area contributed by atoms with Crippen molar-refractivity contribution in [1.29, 1.82) is 0 Å². The zero-order chi connectivity index (χ0) is 24.4. The minimum absolute atomic E-state index is 0.0283. The summed E-state index contributed by atoms with van der Waals surface area (Å²) < 4.78 is 12.5. The minimum atomic E-state index is -0.338. The van der Waals surface area contributed by atoms with Crippen LogP contribution >= 0.6 is 0 Å². The van der Waals surface area contributed by atoms with Gasteiger partial charge in [0.25, 0.3) is 0 Å². The Morgan fingerprint density at radius 1 is 0.500 bits per heavy atom. The van der Waals surface area contributed by atoms with Crippen LogP contribution in [0.3, 0.4) is 0 Å². The van der Waals surface area contributed by atoms with Crippen molar-refractivity contribution >= 4 is 0 Å². The fourth-order valence-corrected chi connectivity index (χ4v) is 5.84. The van der Waals surface area contributed by atoms with Gasteiger partial charge in [-0.05, 0) is 38.5 Å². The SMILES string of the molecule is CCCCCCCCCC[C@H](O)[C@H]1CC[C@H]([C@H]2CC[C@H]([C@@H](O)CCCCCCCCCC)O2)O1. The minimum Gasteiger partial charge on any atom is -0.390 e. The summed E-state index contributed by atoms with van der Waals surface area (Å²) in [5.74, 6) is 0. The van der Waals surface area contributed by atoms with Gasteiger partial charge in [-0.15, -0.1) is 0 Å². The van der Waals surface area contributed by atoms with E-state index in [9.17, 15) is 10.2 Å². The van der Waals surface area contributed by atoms with Crippen LogP contribution in [0.1, 0.15) is 155 Å². The van der Waals surface area contributed by atoms with E-state index in [2.05, 4.69) is 13.8 Å². The van der Waals surface area contributed by atoms with E-state index < -0.39 is 0 Å². The quantitative estimate of drug-likeness (QED) is 0.163. The topological polar surface area (TPSA) is 58.9 Å². The molecule has 0 aromatic rings. The molecule has 0 unspecified atom stereocenters. The first-order valence-corrected chi connectivity index (χ1v) is 15.3. The van der Waals surface area contributed by atoms with Gasteiger partial charge in [-0.3, -0.25) is 0 Å². The number of aliphatic hydroxyl groups excluding tert-OH is 2. The van der Waals surface area contributed by atoms with Crippen molar-refractivity contribution < 1.29 is 19.7 Å². The molecule has 2 fully saturated rings. The van der Waals surface area contributed by atoms with Gasteiger partial charge in [-0.25, -0.2) is 0 Å². The summed E-state index contributed by atoms with van der Waals surface area (Å²) in [6, 6.07) is 0. The first-order valence-electron chi connectivity index (χ1n) is 15.3. The van der Waals surface area contributed by atoms with Crippen LogP contribution in [0.15, 0.2) is 0 Å². The van der Waals surface area contributed by atoms with Crippen molar-refractivity contribution in [2.75, 3.05) is 0 Å². The molecule has 2 heterocycles. The van der Waals surface area contributed by atoms with E-state index in [4.69, 9.17) is 9.47 Å². The van der Waals surface area contributed by atoms with Gasteiger partial charge in [0.15, 0.2) is 0 Å². The zero-order valence-electron chi connectivity index (χ0n) is 22.7. The van der Waals surface area contributed by atoms with Crippen molar-refractivity contribution in [3.05, 3.63) is 0 Å². The highest BCUT2D eigenvalue weighted by atomic mass is 16.6. The molecule has 0 aromatic carbocycles. The molecule has 4 heteroatoms. The molecule has 2 rings (SSSR count). The third-order valence-electron chi connectivity index (χ3n) is 8.15. The van der Waals surface area contributed by atoms with Crippen molar-refractivity contribution in [3.63, 3.8) is 0 Å². The Balaban J connectivity index is 1.51. The van der Waals surface area contributed by atoms with Gasteiger partial charge in [0.1, 0.15) is 0 Å². The second-order valence-electron chi connectivity index (χ2n) is 11.2. The first kappa shape index (κ1) is 30.1. The van der Waals surface area contributed by atoms with E-state index in [1.807, 2.05) is 0 Å². The monoisotopic (exact) mass is 482 g/mol. The fraction of sp³-hybridized carbons (Fsp3) is 1.00. The Morgan fingerprint density at radius 3 is 1.18 bits per heavy atom. The van der Waals surface area contributed by atoms with E-state index in [1.165, 1.54) is 89.9 Å². The average molecular weight is 483 g/mol. The van der Waals surface area contributed by atoms with Crippen molar-refractivity contribution in [3.8, 4) is 0 Å². The zero-order valence-corrected chi connectivity index (χ0v) is 22.7. The lowest BCUT2D eigenvalue weighted by Gasteiger charge is -2.24. The van der Waals surface area contributed by atoms with Crippen LogP contribution in [0, 0.1) is 0 Å². The van der Waals surface area contributed by atoms with Crippen LogP contribution in [0.5, 0.6) is 0 Å². The van der Waals surface area contributed by atoms with E-state index >= 15 is 0 Å². The van der Waals surface area contributed by atoms with Crippen LogP contribution < -0.4 is 0 Å². The molecule has 0 amide bonds. The standard InChI is InChI=1S/C30H58O4/c1-3-5-7-9-11-13-15-17-19-25(31)27-21-23-29(33-27)30-24-22-28(34-30)26(32)20-18-16-14-12-10-8-6-4-2/h25-32H,3-24H2,1-2H3/t25-,26-,27+,28+,29+,30+/m0/s1. The molecule has 202 valence electrons. The largest absolute Gasteiger partial charge is 0.390 e. The number of rotatable bonds is 21. The molecule has 0 saturated carbocycles. The van der Waals surface area contributed by atoms with E-state index in [0.29, 0.717) is 0 Å². The molecule has 0 radical (unpaired) electrons. The summed E-state index contributed by atoms with van der Waals surface area (Å²) in [6.07, 6.45) is 25.7. The summed E-state index contributed by atoms with van der Waals surface area (Å²) in [7, 11) is 0. The number of aliphatic hydroxyl groups is 2. The average Bonchev–Trinajstić information content (AvgIpc) is 3.52. The molecule has 2 saturated heterocycles. The summed E-state index contributed by atoms with van der Waals surface area (Å²) in [5, 5.41) is 21.2. The third kappa shape index (κ3) is 12.2. The summed E-state index contributed by atoms with van der Waals surface area (Å²) in [5.41, 5.74) is 0. The lowest BCUT2D eigenvalue weighted by atomic mass is 10.0. The van der Waals surface area contributed by atoms with Gasteiger partial charge < -0.3 is 19.7 Å². The summed E-state index contributed by atoms with van der Waals surface area (Å²) in [6.45, 7) is 4.52. The normalized spacial score (nSPS) is 26.8. The van der Waals surface area contributed by atoms with Gasteiger partial charge in [0.05, 0.1) is 36.6 Å². The molecule has 0 aliphatic carbocycles. The molecule has 0 bridgehead atoms. The number of hydrogen-bond acceptors (Lipinski definition) is 4. The Kier molecular flexibility index (Phi) is 16.8. The van der Waals surface area contributed by atoms with Crippen molar-refractivity contribution in [2.24, 2.45) is 0 Å². The summed E-state index contributed by atoms with van der Waals surface area (Å²) in [4.78, 5) is 0. The van der Waals surface area contributed by atoms with Crippen LogP contribution in [0.4, 0.5) is 0 Å². The first-order chi connectivity index (χ1) is 16.7. The van der Waals surface area contributed by atoms with E-state index in [-0.39, 0.29) is 36.6 Å². The van der Waals surface area contributed by atoms with E-state index in [1.54, 1.807) is 0 Å². The molecular weight excluding hydrogens is 424 g/mol. The Morgan fingerprint density at radius 2 is 0.824 bits per heavy atom. The number of ether oxygens (including phenoxy) is 2. The molecule has 6 atom stereocenters. The van der Waals surface area contributed by atoms with Crippen molar-refractivity contribution in [2.45, 2.75) is 192 Å². The van der Waals surface area contributed by atoms with Crippen LogP contribution in [0.25, 0.3) is 0 Å². The highest BCUT2D eigenvalue weighted by Crippen LogP contribution is 2.34. The second kappa shape index (κ2) is 19.0. The highest BCUT2D eigenvalue weighted by molar-refractivity contribution is 4.89. The molecule has 34 heavy (non-hydrogen) atoms. The Labute approximate surface area is 211 Å². The molecule has 2 N–H and O–H groups in total. The smallest absolute Gasteiger partial charge is 0.0842 e. The lowest BCUT2D eigenvalue weighted by molar-refractivity contribution is -0.110. The van der Waals surface area contributed by atoms with Gasteiger partial charge in [0, 0.05) is 0 Å². The van der Waals surface area contributed by atoms with Gasteiger partial charge in [-0.1, -0.05) is 117 Å². The van der Waals surface area contributed by atoms with Crippen LogP contribution in [-0.4, -0.2) is 46.8 Å². The molecule has 0 aromatic heterocycles. The van der Waals surface area contributed by atoms with Gasteiger partial charge >= 0.3 is 0 Å². The molecular formula is C30H58O4. The fourth-order valence-electron chi connectivity index (χ4n) is 5.84.